The fraction of sp³-hybridized carbons (Fsp3) is 0.400. The largest absolute Gasteiger partial charge is 0.333 e. The Morgan fingerprint density at radius 3 is 2.71 bits per heavy atom. The van der Waals surface area contributed by atoms with Gasteiger partial charge >= 0.3 is 0 Å². The van der Waals surface area contributed by atoms with Crippen molar-refractivity contribution in [2.45, 2.75) is 19.8 Å². The van der Waals surface area contributed by atoms with Gasteiger partial charge in [-0.1, -0.05) is 13.8 Å². The SMILES string of the molecule is CC(C)c1nc(-c2nccn2C)cs1. The fourth-order valence-corrected chi connectivity index (χ4v) is 2.08. The van der Waals surface area contributed by atoms with Gasteiger partial charge in [-0.25, -0.2) is 9.97 Å². The van der Waals surface area contributed by atoms with Crippen LogP contribution in [0.5, 0.6) is 0 Å². The normalized spacial score (nSPS) is 11.1. The number of rotatable bonds is 2. The molecule has 0 aromatic carbocycles. The van der Waals surface area contributed by atoms with E-state index >= 15 is 0 Å². The predicted molar refractivity (Wildman–Crippen MR) is 58.4 cm³/mol. The number of aromatic nitrogens is 3. The maximum Gasteiger partial charge on any atom is 0.159 e. The lowest BCUT2D eigenvalue weighted by Crippen LogP contribution is -1.92. The molecule has 0 aliphatic rings. The van der Waals surface area contributed by atoms with Gasteiger partial charge in [-0.05, 0) is 0 Å². The van der Waals surface area contributed by atoms with E-state index in [1.54, 1.807) is 17.5 Å². The molecule has 0 fully saturated rings. The predicted octanol–water partition coefficient (Wildman–Crippen LogP) is 2.67. The van der Waals surface area contributed by atoms with Crippen LogP contribution in [0.4, 0.5) is 0 Å². The van der Waals surface area contributed by atoms with E-state index in [2.05, 4.69) is 29.2 Å². The van der Waals surface area contributed by atoms with Crippen molar-refractivity contribution in [3.63, 3.8) is 0 Å². The first-order valence-electron chi connectivity index (χ1n) is 4.61. The molecule has 0 bridgehead atoms. The van der Waals surface area contributed by atoms with Crippen molar-refractivity contribution >= 4 is 11.3 Å². The Bertz CT molecular complexity index is 428. The summed E-state index contributed by atoms with van der Waals surface area (Å²) in [6.45, 7) is 4.31. The second-order valence-corrected chi connectivity index (χ2v) is 4.48. The molecule has 2 aromatic rings. The van der Waals surface area contributed by atoms with Crippen LogP contribution in [-0.4, -0.2) is 14.5 Å². The minimum Gasteiger partial charge on any atom is -0.333 e. The molecule has 0 atom stereocenters. The van der Waals surface area contributed by atoms with E-state index in [1.807, 2.05) is 17.8 Å². The van der Waals surface area contributed by atoms with E-state index in [9.17, 15) is 0 Å². The first-order chi connectivity index (χ1) is 6.68. The quantitative estimate of drug-likeness (QED) is 0.758. The third-order valence-corrected chi connectivity index (χ3v) is 3.21. The molecule has 4 heteroatoms. The van der Waals surface area contributed by atoms with Gasteiger partial charge in [0, 0.05) is 30.7 Å². The summed E-state index contributed by atoms with van der Waals surface area (Å²) >= 11 is 1.70. The Labute approximate surface area is 87.4 Å². The first kappa shape index (κ1) is 9.40. The number of imidazole rings is 1. The standard InChI is InChI=1S/C10H13N3S/c1-7(2)10-12-8(6-14-10)9-11-4-5-13(9)3/h4-7H,1-3H3. The minimum atomic E-state index is 0.494. The van der Waals surface area contributed by atoms with Gasteiger partial charge in [-0.3, -0.25) is 0 Å². The highest BCUT2D eigenvalue weighted by Gasteiger charge is 2.10. The second kappa shape index (κ2) is 3.53. The molecule has 74 valence electrons. The van der Waals surface area contributed by atoms with Gasteiger partial charge in [0.1, 0.15) is 5.69 Å². The minimum absolute atomic E-state index is 0.494. The number of hydrogen-bond acceptors (Lipinski definition) is 3. The lowest BCUT2D eigenvalue weighted by Gasteiger charge is -1.98. The maximum absolute atomic E-state index is 4.55. The molecule has 0 radical (unpaired) electrons. The van der Waals surface area contributed by atoms with Crippen LogP contribution in [0.1, 0.15) is 24.8 Å². The summed E-state index contributed by atoms with van der Waals surface area (Å²) in [4.78, 5) is 8.81. The highest BCUT2D eigenvalue weighted by Crippen LogP contribution is 2.24. The average Bonchev–Trinajstić information content (AvgIpc) is 2.71. The van der Waals surface area contributed by atoms with E-state index in [4.69, 9.17) is 0 Å². The monoisotopic (exact) mass is 207 g/mol. The third kappa shape index (κ3) is 1.57. The molecule has 0 aliphatic heterocycles. The van der Waals surface area contributed by atoms with Crippen molar-refractivity contribution in [1.82, 2.24) is 14.5 Å². The summed E-state index contributed by atoms with van der Waals surface area (Å²) < 4.78 is 1.99. The second-order valence-electron chi connectivity index (χ2n) is 3.59. The molecular formula is C10H13N3S. The Hall–Kier alpha value is -1.16. The fourth-order valence-electron chi connectivity index (χ4n) is 1.27. The number of hydrogen-bond donors (Lipinski definition) is 0. The summed E-state index contributed by atoms with van der Waals surface area (Å²) in [6, 6.07) is 0. The third-order valence-electron chi connectivity index (χ3n) is 2.07. The van der Waals surface area contributed by atoms with Crippen molar-refractivity contribution in [2.75, 3.05) is 0 Å². The van der Waals surface area contributed by atoms with Crippen LogP contribution in [0, 0.1) is 0 Å². The van der Waals surface area contributed by atoms with Crippen molar-refractivity contribution in [1.29, 1.82) is 0 Å². The van der Waals surface area contributed by atoms with E-state index in [1.165, 1.54) is 5.01 Å². The van der Waals surface area contributed by atoms with Gasteiger partial charge in [0.2, 0.25) is 0 Å². The molecule has 14 heavy (non-hydrogen) atoms. The highest BCUT2D eigenvalue weighted by molar-refractivity contribution is 7.10. The van der Waals surface area contributed by atoms with E-state index in [0.29, 0.717) is 5.92 Å². The molecule has 2 heterocycles. The first-order valence-corrected chi connectivity index (χ1v) is 5.49. The number of thiazole rings is 1. The number of nitrogens with zero attached hydrogens (tertiary/aromatic N) is 3. The molecule has 0 saturated carbocycles. The van der Waals surface area contributed by atoms with Crippen molar-refractivity contribution in [3.05, 3.63) is 22.8 Å². The Kier molecular flexibility index (Phi) is 2.37. The van der Waals surface area contributed by atoms with E-state index < -0.39 is 0 Å². The summed E-state index contributed by atoms with van der Waals surface area (Å²) in [6.07, 6.45) is 3.73. The zero-order valence-corrected chi connectivity index (χ0v) is 9.38. The van der Waals surface area contributed by atoms with Crippen LogP contribution >= 0.6 is 11.3 Å². The van der Waals surface area contributed by atoms with E-state index in [0.717, 1.165) is 11.5 Å². The van der Waals surface area contributed by atoms with Gasteiger partial charge in [-0.15, -0.1) is 11.3 Å². The molecule has 2 aromatic heterocycles. The summed E-state index contributed by atoms with van der Waals surface area (Å²) in [5.74, 6) is 1.43. The average molecular weight is 207 g/mol. The molecule has 0 saturated heterocycles. The van der Waals surface area contributed by atoms with E-state index in [-0.39, 0.29) is 0 Å². The van der Waals surface area contributed by atoms with Gasteiger partial charge in [0.05, 0.1) is 5.01 Å². The Morgan fingerprint density at radius 2 is 2.21 bits per heavy atom. The molecule has 2 rings (SSSR count). The molecule has 0 amide bonds. The Morgan fingerprint density at radius 1 is 1.43 bits per heavy atom. The van der Waals surface area contributed by atoms with Crippen molar-refractivity contribution < 1.29 is 0 Å². The lowest BCUT2D eigenvalue weighted by atomic mass is 10.2. The van der Waals surface area contributed by atoms with Crippen LogP contribution < -0.4 is 0 Å². The van der Waals surface area contributed by atoms with Gasteiger partial charge in [0.25, 0.3) is 0 Å². The van der Waals surface area contributed by atoms with Crippen molar-refractivity contribution in [2.24, 2.45) is 7.05 Å². The van der Waals surface area contributed by atoms with Crippen LogP contribution in [0.3, 0.4) is 0 Å². The Balaban J connectivity index is 2.39. The summed E-state index contributed by atoms with van der Waals surface area (Å²) in [5, 5.41) is 3.24. The molecular weight excluding hydrogens is 194 g/mol. The summed E-state index contributed by atoms with van der Waals surface area (Å²) in [5.41, 5.74) is 0.978. The maximum atomic E-state index is 4.55. The van der Waals surface area contributed by atoms with Gasteiger partial charge in [-0.2, -0.15) is 0 Å². The van der Waals surface area contributed by atoms with Crippen molar-refractivity contribution in [3.8, 4) is 11.5 Å². The van der Waals surface area contributed by atoms with Gasteiger partial charge < -0.3 is 4.57 Å². The zero-order chi connectivity index (χ0) is 10.1. The zero-order valence-electron chi connectivity index (χ0n) is 8.56. The molecule has 0 N–H and O–H groups in total. The number of aryl methyl sites for hydroxylation is 1. The molecule has 0 aliphatic carbocycles. The van der Waals surface area contributed by atoms with Crippen LogP contribution in [0.25, 0.3) is 11.5 Å². The molecule has 0 unspecified atom stereocenters. The van der Waals surface area contributed by atoms with Crippen LogP contribution in [0.15, 0.2) is 17.8 Å². The smallest absolute Gasteiger partial charge is 0.159 e. The van der Waals surface area contributed by atoms with Crippen LogP contribution in [-0.2, 0) is 7.05 Å². The topological polar surface area (TPSA) is 30.7 Å². The highest BCUT2D eigenvalue weighted by atomic mass is 32.1. The summed E-state index contributed by atoms with van der Waals surface area (Å²) in [7, 11) is 1.98. The lowest BCUT2D eigenvalue weighted by molar-refractivity contribution is 0.848. The van der Waals surface area contributed by atoms with Crippen LogP contribution in [0.2, 0.25) is 0 Å². The van der Waals surface area contributed by atoms with Gasteiger partial charge in [0.15, 0.2) is 5.82 Å². The molecule has 3 nitrogen and oxygen atoms in total. The molecule has 0 spiro atoms.